The highest BCUT2D eigenvalue weighted by atomic mass is 32.1. The fourth-order valence-corrected chi connectivity index (χ4v) is 3.92. The summed E-state index contributed by atoms with van der Waals surface area (Å²) < 4.78 is 5.49. The average Bonchev–Trinajstić information content (AvgIpc) is 3.04. The van der Waals surface area contributed by atoms with Gasteiger partial charge in [-0.3, -0.25) is 9.89 Å². The Morgan fingerprint density at radius 1 is 1.20 bits per heavy atom. The van der Waals surface area contributed by atoms with Crippen molar-refractivity contribution in [2.24, 2.45) is 10.7 Å². The van der Waals surface area contributed by atoms with Gasteiger partial charge in [0.05, 0.1) is 25.8 Å². The zero-order valence-corrected chi connectivity index (χ0v) is 15.7. The van der Waals surface area contributed by atoms with Crippen LogP contribution in [0.3, 0.4) is 0 Å². The lowest BCUT2D eigenvalue weighted by Gasteiger charge is -2.33. The van der Waals surface area contributed by atoms with Crippen molar-refractivity contribution < 1.29 is 4.74 Å². The van der Waals surface area contributed by atoms with E-state index in [-0.39, 0.29) is 6.04 Å². The molecule has 5 nitrogen and oxygen atoms in total. The Morgan fingerprint density at radius 3 is 2.56 bits per heavy atom. The van der Waals surface area contributed by atoms with Gasteiger partial charge in [0.25, 0.3) is 0 Å². The number of aliphatic imine (C=N–C) groups is 1. The second kappa shape index (κ2) is 8.47. The van der Waals surface area contributed by atoms with Gasteiger partial charge in [0, 0.05) is 28.5 Å². The first-order valence-electron chi connectivity index (χ1n) is 8.63. The molecular weight excluding hydrogens is 332 g/mol. The van der Waals surface area contributed by atoms with Gasteiger partial charge in [0.15, 0.2) is 5.96 Å². The molecule has 0 spiro atoms. The molecule has 25 heavy (non-hydrogen) atoms. The van der Waals surface area contributed by atoms with Gasteiger partial charge in [-0.25, -0.2) is 0 Å². The summed E-state index contributed by atoms with van der Waals surface area (Å²) in [7, 11) is 0. The minimum atomic E-state index is 0.251. The summed E-state index contributed by atoms with van der Waals surface area (Å²) in [5, 5.41) is 3.17. The number of nitrogens with two attached hydrogens (primary N) is 1. The van der Waals surface area contributed by atoms with Crippen LogP contribution in [0.4, 0.5) is 5.69 Å². The van der Waals surface area contributed by atoms with E-state index in [9.17, 15) is 0 Å². The molecule has 1 aliphatic heterocycles. The molecule has 0 saturated carbocycles. The lowest BCUT2D eigenvalue weighted by Crippen LogP contribution is -2.40. The van der Waals surface area contributed by atoms with Crippen LogP contribution in [0.5, 0.6) is 0 Å². The van der Waals surface area contributed by atoms with Crippen LogP contribution < -0.4 is 11.1 Å². The average molecular weight is 359 g/mol. The van der Waals surface area contributed by atoms with Gasteiger partial charge >= 0.3 is 0 Å². The van der Waals surface area contributed by atoms with Gasteiger partial charge in [-0.15, -0.1) is 11.3 Å². The predicted octanol–water partition coefficient (Wildman–Crippen LogP) is 3.17. The summed E-state index contributed by atoms with van der Waals surface area (Å²) in [4.78, 5) is 9.71. The first-order chi connectivity index (χ1) is 12.1. The number of hydrogen-bond donors (Lipinski definition) is 2. The van der Waals surface area contributed by atoms with E-state index in [1.807, 2.05) is 23.5 Å². The molecule has 0 radical (unpaired) electrons. The number of rotatable bonds is 5. The second-order valence-electron chi connectivity index (χ2n) is 6.33. The molecule has 0 amide bonds. The van der Waals surface area contributed by atoms with Crippen molar-refractivity contribution in [3.8, 4) is 0 Å². The molecule has 134 valence electrons. The molecule has 1 aromatic carbocycles. The third-order valence-electron chi connectivity index (χ3n) is 4.33. The van der Waals surface area contributed by atoms with Crippen molar-refractivity contribution in [1.29, 1.82) is 0 Å². The maximum atomic E-state index is 6.10. The molecule has 3 rings (SSSR count). The molecule has 2 heterocycles. The number of benzene rings is 1. The lowest BCUT2D eigenvalue weighted by molar-refractivity contribution is 0.0187. The Bertz CT molecular complexity index is 704. The largest absolute Gasteiger partial charge is 0.379 e. The molecular formula is C19H26N4OS. The van der Waals surface area contributed by atoms with Crippen molar-refractivity contribution in [3.63, 3.8) is 0 Å². The molecule has 1 aliphatic rings. The number of aryl methyl sites for hydroxylation is 2. The summed E-state index contributed by atoms with van der Waals surface area (Å²) in [6.07, 6.45) is 0. The standard InChI is InChI=1S/C19H26N4OS/c1-14-3-6-16(7-4-14)22-19(20)21-13-17(18-8-5-15(2)25-18)23-9-11-24-12-10-23/h3-8,17H,9-13H2,1-2H3,(H3,20,21,22). The van der Waals surface area contributed by atoms with E-state index in [1.54, 1.807) is 0 Å². The highest BCUT2D eigenvalue weighted by Crippen LogP contribution is 2.28. The normalized spacial score (nSPS) is 17.4. The van der Waals surface area contributed by atoms with Crippen molar-refractivity contribution >= 4 is 23.0 Å². The van der Waals surface area contributed by atoms with Gasteiger partial charge in [0.2, 0.25) is 0 Å². The highest BCUT2D eigenvalue weighted by Gasteiger charge is 2.23. The molecule has 2 aromatic rings. The minimum absolute atomic E-state index is 0.251. The van der Waals surface area contributed by atoms with Crippen molar-refractivity contribution in [2.45, 2.75) is 19.9 Å². The first-order valence-corrected chi connectivity index (χ1v) is 9.45. The van der Waals surface area contributed by atoms with Gasteiger partial charge in [-0.05, 0) is 38.1 Å². The van der Waals surface area contributed by atoms with E-state index < -0.39 is 0 Å². The van der Waals surface area contributed by atoms with Crippen LogP contribution in [0.15, 0.2) is 41.4 Å². The topological polar surface area (TPSA) is 62.9 Å². The number of guanidine groups is 1. The minimum Gasteiger partial charge on any atom is -0.379 e. The van der Waals surface area contributed by atoms with Crippen LogP contribution in [0.1, 0.15) is 21.4 Å². The SMILES string of the molecule is Cc1ccc(NC(N)=NCC(c2ccc(C)s2)N2CCOCC2)cc1. The van der Waals surface area contributed by atoms with E-state index >= 15 is 0 Å². The lowest BCUT2D eigenvalue weighted by atomic mass is 10.2. The van der Waals surface area contributed by atoms with Crippen LogP contribution in [0, 0.1) is 13.8 Å². The Labute approximate surface area is 153 Å². The summed E-state index contributed by atoms with van der Waals surface area (Å²) in [5.41, 5.74) is 8.29. The summed E-state index contributed by atoms with van der Waals surface area (Å²) in [6, 6.07) is 12.8. The van der Waals surface area contributed by atoms with Crippen molar-refractivity contribution in [1.82, 2.24) is 4.90 Å². The summed E-state index contributed by atoms with van der Waals surface area (Å²) >= 11 is 1.83. The van der Waals surface area contributed by atoms with E-state index in [0.717, 1.165) is 32.0 Å². The van der Waals surface area contributed by atoms with E-state index in [1.165, 1.54) is 15.3 Å². The molecule has 1 unspecified atom stereocenters. The van der Waals surface area contributed by atoms with Crippen molar-refractivity contribution in [2.75, 3.05) is 38.2 Å². The van der Waals surface area contributed by atoms with Crippen molar-refractivity contribution in [3.05, 3.63) is 51.7 Å². The van der Waals surface area contributed by atoms with Gasteiger partial charge < -0.3 is 15.8 Å². The molecule has 0 aliphatic carbocycles. The number of nitrogens with zero attached hydrogens (tertiary/aromatic N) is 2. The molecule has 0 bridgehead atoms. The quantitative estimate of drug-likeness (QED) is 0.637. The molecule has 1 fully saturated rings. The smallest absolute Gasteiger partial charge is 0.193 e. The maximum absolute atomic E-state index is 6.10. The Hall–Kier alpha value is -1.89. The number of ether oxygens (including phenoxy) is 1. The molecule has 3 N–H and O–H groups in total. The first kappa shape index (κ1) is 17.9. The zero-order chi connectivity index (χ0) is 17.6. The van der Waals surface area contributed by atoms with Gasteiger partial charge in [0.1, 0.15) is 0 Å². The van der Waals surface area contributed by atoms with E-state index in [0.29, 0.717) is 12.5 Å². The number of anilines is 1. The maximum Gasteiger partial charge on any atom is 0.193 e. The van der Waals surface area contributed by atoms with Crippen LogP contribution in [-0.4, -0.2) is 43.7 Å². The number of thiophene rings is 1. The van der Waals surface area contributed by atoms with Crippen LogP contribution in [0.25, 0.3) is 0 Å². The van der Waals surface area contributed by atoms with E-state index in [2.05, 4.69) is 53.3 Å². The summed E-state index contributed by atoms with van der Waals surface area (Å²) in [5.74, 6) is 0.454. The predicted molar refractivity (Wildman–Crippen MR) is 105 cm³/mol. The number of hydrogen-bond acceptors (Lipinski definition) is 4. The Balaban J connectivity index is 1.69. The fraction of sp³-hybridized carbons (Fsp3) is 0.421. The fourth-order valence-electron chi connectivity index (χ4n) is 2.92. The molecule has 6 heteroatoms. The third-order valence-corrected chi connectivity index (χ3v) is 5.44. The number of nitrogens with one attached hydrogen (secondary N) is 1. The Morgan fingerprint density at radius 2 is 1.92 bits per heavy atom. The highest BCUT2D eigenvalue weighted by molar-refractivity contribution is 7.12. The van der Waals surface area contributed by atoms with E-state index in [4.69, 9.17) is 10.5 Å². The second-order valence-corrected chi connectivity index (χ2v) is 7.65. The molecule has 1 aromatic heterocycles. The van der Waals surface area contributed by atoms with Crippen LogP contribution >= 0.6 is 11.3 Å². The van der Waals surface area contributed by atoms with Crippen LogP contribution in [0.2, 0.25) is 0 Å². The Kier molecular flexibility index (Phi) is 6.07. The molecule has 1 saturated heterocycles. The summed E-state index contributed by atoms with van der Waals surface area (Å²) in [6.45, 7) is 8.27. The zero-order valence-electron chi connectivity index (χ0n) is 14.9. The van der Waals surface area contributed by atoms with Crippen LogP contribution in [-0.2, 0) is 4.74 Å². The monoisotopic (exact) mass is 358 g/mol. The molecule has 1 atom stereocenters. The number of morpholine rings is 1. The van der Waals surface area contributed by atoms with Gasteiger partial charge in [-0.2, -0.15) is 0 Å². The third kappa shape index (κ3) is 5.04. The van der Waals surface area contributed by atoms with Gasteiger partial charge in [-0.1, -0.05) is 17.7 Å².